The molecule has 34 heavy (non-hydrogen) atoms. The van der Waals surface area contributed by atoms with Gasteiger partial charge in [0.2, 0.25) is 0 Å². The lowest BCUT2D eigenvalue weighted by atomic mass is 9.81. The molecule has 0 aliphatic heterocycles. The normalized spacial score (nSPS) is 12.8. The lowest BCUT2D eigenvalue weighted by molar-refractivity contribution is -0.122. The monoisotopic (exact) mass is 456 g/mol. The van der Waals surface area contributed by atoms with Gasteiger partial charge in [0.05, 0.1) is 23.2 Å². The van der Waals surface area contributed by atoms with Gasteiger partial charge in [0.15, 0.2) is 5.78 Å². The van der Waals surface area contributed by atoms with Crippen molar-refractivity contribution in [2.75, 3.05) is 0 Å². The molecule has 0 radical (unpaired) electrons. The van der Waals surface area contributed by atoms with Crippen LogP contribution in [0, 0.1) is 25.5 Å². The number of benzene rings is 2. The summed E-state index contributed by atoms with van der Waals surface area (Å²) in [4.78, 5) is 23.5. The van der Waals surface area contributed by atoms with Crippen LogP contribution < -0.4 is 0 Å². The highest BCUT2D eigenvalue weighted by atomic mass is 19.1. The molecule has 0 amide bonds. The van der Waals surface area contributed by atoms with Gasteiger partial charge in [-0.05, 0) is 86.3 Å². The summed E-state index contributed by atoms with van der Waals surface area (Å²) in [6, 6.07) is 23.7. The van der Waals surface area contributed by atoms with Crippen LogP contribution in [-0.4, -0.2) is 15.8 Å². The van der Waals surface area contributed by atoms with Crippen LogP contribution in [0.2, 0.25) is 0 Å². The minimum atomic E-state index is -0.543. The molecule has 2 atom stereocenters. The van der Waals surface area contributed by atoms with Crippen LogP contribution in [0.5, 0.6) is 0 Å². The molecule has 0 aliphatic carbocycles. The van der Waals surface area contributed by atoms with Gasteiger partial charge in [0.25, 0.3) is 0 Å². The summed E-state index contributed by atoms with van der Waals surface area (Å²) >= 11 is 0. The number of aryl methyl sites for hydroxylation is 2. The molecule has 2 aromatic heterocycles. The highest BCUT2D eigenvalue weighted by molar-refractivity contribution is 5.91. The molecule has 4 aromatic rings. The predicted octanol–water partition coefficient (Wildman–Crippen LogP) is 6.29. The van der Waals surface area contributed by atoms with Gasteiger partial charge in [0.1, 0.15) is 11.6 Å². The molecular formula is C29H26F2N2O. The Hall–Kier alpha value is -3.73. The SMILES string of the molecule is Cc1cccc(C(Cc2ccc(F)cc2)C(=O)C(Cc2ccc(F)cc2)c2cccc(C)n2)n1. The average Bonchev–Trinajstić information content (AvgIpc) is 2.83. The number of carbonyl (C=O) groups is 1. The van der Waals surface area contributed by atoms with E-state index in [-0.39, 0.29) is 17.4 Å². The summed E-state index contributed by atoms with van der Waals surface area (Å²) in [5.74, 6) is -1.75. The second-order valence-electron chi connectivity index (χ2n) is 8.58. The number of hydrogen-bond donors (Lipinski definition) is 0. The van der Waals surface area contributed by atoms with Crippen molar-refractivity contribution in [3.05, 3.63) is 130 Å². The van der Waals surface area contributed by atoms with E-state index < -0.39 is 11.8 Å². The van der Waals surface area contributed by atoms with Crippen LogP contribution in [0.1, 0.15) is 45.7 Å². The first-order valence-corrected chi connectivity index (χ1v) is 11.3. The van der Waals surface area contributed by atoms with E-state index in [2.05, 4.69) is 9.97 Å². The largest absolute Gasteiger partial charge is 0.298 e. The Labute approximate surface area is 198 Å². The van der Waals surface area contributed by atoms with Gasteiger partial charge < -0.3 is 0 Å². The van der Waals surface area contributed by atoms with E-state index in [4.69, 9.17) is 0 Å². The zero-order chi connectivity index (χ0) is 24.1. The number of rotatable bonds is 8. The zero-order valence-electron chi connectivity index (χ0n) is 19.2. The van der Waals surface area contributed by atoms with Crippen molar-refractivity contribution < 1.29 is 13.6 Å². The average molecular weight is 457 g/mol. The fourth-order valence-corrected chi connectivity index (χ4v) is 4.17. The third-order valence-electron chi connectivity index (χ3n) is 5.93. The Bertz CT molecular complexity index is 1170. The van der Waals surface area contributed by atoms with E-state index in [1.54, 1.807) is 24.3 Å². The molecule has 2 aromatic carbocycles. The summed E-state index contributed by atoms with van der Waals surface area (Å²) in [5.41, 5.74) is 4.68. The number of carbonyl (C=O) groups excluding carboxylic acids is 1. The van der Waals surface area contributed by atoms with Crippen molar-refractivity contribution in [3.63, 3.8) is 0 Å². The predicted molar refractivity (Wildman–Crippen MR) is 129 cm³/mol. The molecule has 4 rings (SSSR count). The molecule has 0 fully saturated rings. The highest BCUT2D eigenvalue weighted by Crippen LogP contribution is 2.31. The van der Waals surface area contributed by atoms with Gasteiger partial charge in [-0.2, -0.15) is 0 Å². The molecule has 5 heteroatoms. The number of aromatic nitrogens is 2. The second kappa shape index (κ2) is 10.5. The number of pyridine rings is 2. The maximum absolute atomic E-state index is 14.2. The van der Waals surface area contributed by atoms with Crippen molar-refractivity contribution in [1.82, 2.24) is 9.97 Å². The topological polar surface area (TPSA) is 42.9 Å². The first-order chi connectivity index (χ1) is 16.4. The van der Waals surface area contributed by atoms with Crippen LogP contribution in [0.4, 0.5) is 8.78 Å². The highest BCUT2D eigenvalue weighted by Gasteiger charge is 2.32. The maximum Gasteiger partial charge on any atom is 0.151 e. The van der Waals surface area contributed by atoms with Gasteiger partial charge in [-0.25, -0.2) is 8.78 Å². The van der Waals surface area contributed by atoms with E-state index in [1.807, 2.05) is 50.2 Å². The van der Waals surface area contributed by atoms with Gasteiger partial charge in [-0.3, -0.25) is 14.8 Å². The van der Waals surface area contributed by atoms with Crippen molar-refractivity contribution in [1.29, 1.82) is 0 Å². The smallest absolute Gasteiger partial charge is 0.151 e. The molecule has 0 spiro atoms. The zero-order valence-corrected chi connectivity index (χ0v) is 19.2. The molecule has 0 saturated carbocycles. The Morgan fingerprint density at radius 1 is 0.647 bits per heavy atom. The summed E-state index contributed by atoms with van der Waals surface area (Å²) in [5, 5.41) is 0. The molecule has 172 valence electrons. The first kappa shape index (κ1) is 23.4. The van der Waals surface area contributed by atoms with E-state index in [0.717, 1.165) is 22.5 Å². The molecule has 0 N–H and O–H groups in total. The minimum Gasteiger partial charge on any atom is -0.298 e. The van der Waals surface area contributed by atoms with Crippen LogP contribution in [0.3, 0.4) is 0 Å². The second-order valence-corrected chi connectivity index (χ2v) is 8.58. The molecule has 0 aliphatic rings. The van der Waals surface area contributed by atoms with Crippen LogP contribution in [0.25, 0.3) is 0 Å². The third-order valence-corrected chi connectivity index (χ3v) is 5.93. The van der Waals surface area contributed by atoms with E-state index in [1.165, 1.54) is 24.3 Å². The molecule has 3 nitrogen and oxygen atoms in total. The molecule has 0 bridgehead atoms. The summed E-state index contributed by atoms with van der Waals surface area (Å²) < 4.78 is 27.0. The van der Waals surface area contributed by atoms with Crippen LogP contribution in [-0.2, 0) is 17.6 Å². The van der Waals surface area contributed by atoms with Crippen molar-refractivity contribution in [2.24, 2.45) is 0 Å². The quantitative estimate of drug-likeness (QED) is 0.313. The van der Waals surface area contributed by atoms with Gasteiger partial charge >= 0.3 is 0 Å². The lowest BCUT2D eigenvalue weighted by Crippen LogP contribution is -2.26. The Kier molecular flexibility index (Phi) is 7.21. The number of nitrogens with zero attached hydrogens (tertiary/aromatic N) is 2. The van der Waals surface area contributed by atoms with E-state index >= 15 is 0 Å². The number of halogens is 2. The van der Waals surface area contributed by atoms with Crippen LogP contribution in [0.15, 0.2) is 84.9 Å². The summed E-state index contributed by atoms with van der Waals surface area (Å²) in [6.07, 6.45) is 0.780. The minimum absolute atomic E-state index is 0.0233. The van der Waals surface area contributed by atoms with Crippen LogP contribution >= 0.6 is 0 Å². The van der Waals surface area contributed by atoms with Crippen molar-refractivity contribution >= 4 is 5.78 Å². The van der Waals surface area contributed by atoms with Crippen molar-refractivity contribution in [3.8, 4) is 0 Å². The molecular weight excluding hydrogens is 430 g/mol. The molecule has 2 unspecified atom stereocenters. The van der Waals surface area contributed by atoms with E-state index in [9.17, 15) is 13.6 Å². The Morgan fingerprint density at radius 3 is 1.38 bits per heavy atom. The molecule has 0 saturated heterocycles. The van der Waals surface area contributed by atoms with Gasteiger partial charge in [-0.15, -0.1) is 0 Å². The number of ketones is 1. The third kappa shape index (κ3) is 5.79. The maximum atomic E-state index is 14.2. The Balaban J connectivity index is 1.76. The standard InChI is InChI=1S/C29H26F2N2O/c1-19-5-3-7-27(32-19)25(17-21-9-13-23(30)14-10-21)29(34)26(28-8-4-6-20(2)33-28)18-22-11-15-24(31)16-12-22/h3-16,25-26H,17-18H2,1-2H3. The summed E-state index contributed by atoms with van der Waals surface area (Å²) in [6.45, 7) is 3.78. The fraction of sp³-hybridized carbons (Fsp3) is 0.207. The first-order valence-electron chi connectivity index (χ1n) is 11.3. The van der Waals surface area contributed by atoms with Gasteiger partial charge in [0, 0.05) is 11.4 Å². The van der Waals surface area contributed by atoms with Gasteiger partial charge in [-0.1, -0.05) is 36.4 Å². The number of Topliss-reactive ketones (excluding diaryl/α,β-unsaturated/α-hetero) is 1. The number of hydrogen-bond acceptors (Lipinski definition) is 3. The van der Waals surface area contributed by atoms with E-state index in [0.29, 0.717) is 24.2 Å². The van der Waals surface area contributed by atoms with Crippen molar-refractivity contribution in [2.45, 2.75) is 38.5 Å². The fourth-order valence-electron chi connectivity index (χ4n) is 4.17. The molecule has 2 heterocycles. The lowest BCUT2D eigenvalue weighted by Gasteiger charge is -2.23. The summed E-state index contributed by atoms with van der Waals surface area (Å²) in [7, 11) is 0. The Morgan fingerprint density at radius 2 is 1.03 bits per heavy atom.